The minimum absolute atomic E-state index is 0.218. The highest BCUT2D eigenvalue weighted by molar-refractivity contribution is 4.85. The molecular weight excluding hydrogens is 220 g/mol. The fourth-order valence-electron chi connectivity index (χ4n) is 1.18. The van der Waals surface area contributed by atoms with Gasteiger partial charge in [0.15, 0.2) is 0 Å². The van der Waals surface area contributed by atoms with Gasteiger partial charge in [0.1, 0.15) is 18.8 Å². The fraction of sp³-hybridized carbons (Fsp3) is 0.778. The van der Waals surface area contributed by atoms with Crippen LogP contribution in [0.15, 0.2) is 6.33 Å². The summed E-state index contributed by atoms with van der Waals surface area (Å²) in [7, 11) is 1.61. The first kappa shape index (κ1) is 13.0. The van der Waals surface area contributed by atoms with Crippen molar-refractivity contribution in [3.63, 3.8) is 0 Å². The molecule has 1 rings (SSSR count). The highest BCUT2D eigenvalue weighted by atomic mass is 19.3. The normalized spacial score (nSPS) is 11.2. The molecule has 1 aromatic rings. The van der Waals surface area contributed by atoms with Gasteiger partial charge >= 0.3 is 0 Å². The third-order valence-electron chi connectivity index (χ3n) is 1.95. The third kappa shape index (κ3) is 4.63. The van der Waals surface area contributed by atoms with Crippen LogP contribution in [0.1, 0.15) is 5.82 Å². The zero-order valence-corrected chi connectivity index (χ0v) is 9.10. The summed E-state index contributed by atoms with van der Waals surface area (Å²) in [6, 6.07) is 0. The van der Waals surface area contributed by atoms with E-state index in [2.05, 4.69) is 10.2 Å². The highest BCUT2D eigenvalue weighted by Crippen LogP contribution is 1.99. The van der Waals surface area contributed by atoms with E-state index in [1.165, 1.54) is 0 Å². The van der Waals surface area contributed by atoms with Gasteiger partial charge in [0, 0.05) is 20.1 Å². The number of aromatic nitrogens is 3. The minimum atomic E-state index is -2.42. The standard InChI is InChI=1S/C9H15F2N3O2/c1-15-5-3-14-7-12-13-9(14)2-4-16-6-8(10)11/h7-8H,2-6H2,1H3. The Kier molecular flexibility index (Phi) is 5.87. The van der Waals surface area contributed by atoms with Crippen LogP contribution >= 0.6 is 0 Å². The number of ether oxygens (including phenoxy) is 2. The number of rotatable bonds is 8. The van der Waals surface area contributed by atoms with E-state index < -0.39 is 13.0 Å². The Morgan fingerprint density at radius 1 is 1.44 bits per heavy atom. The number of nitrogens with zero attached hydrogens (tertiary/aromatic N) is 3. The molecule has 0 aliphatic heterocycles. The van der Waals surface area contributed by atoms with E-state index in [1.54, 1.807) is 13.4 Å². The summed E-state index contributed by atoms with van der Waals surface area (Å²) in [5, 5.41) is 7.62. The van der Waals surface area contributed by atoms with Crippen molar-refractivity contribution in [2.45, 2.75) is 19.4 Å². The maximum atomic E-state index is 11.8. The molecule has 0 unspecified atom stereocenters. The number of hydrogen-bond acceptors (Lipinski definition) is 4. The molecule has 1 aromatic heterocycles. The van der Waals surface area contributed by atoms with Gasteiger partial charge in [-0.3, -0.25) is 0 Å². The number of alkyl halides is 2. The second-order valence-electron chi connectivity index (χ2n) is 3.15. The van der Waals surface area contributed by atoms with E-state index >= 15 is 0 Å². The van der Waals surface area contributed by atoms with Crippen molar-refractivity contribution in [1.82, 2.24) is 14.8 Å². The molecule has 0 amide bonds. The lowest BCUT2D eigenvalue weighted by molar-refractivity contribution is 0.0180. The Bertz CT molecular complexity index is 294. The van der Waals surface area contributed by atoms with Crippen LogP contribution in [0, 0.1) is 0 Å². The number of methoxy groups -OCH3 is 1. The molecule has 92 valence electrons. The van der Waals surface area contributed by atoms with Crippen LogP contribution < -0.4 is 0 Å². The van der Waals surface area contributed by atoms with Crippen LogP contribution in [-0.2, 0) is 22.4 Å². The maximum Gasteiger partial charge on any atom is 0.261 e. The summed E-state index contributed by atoms with van der Waals surface area (Å²) in [5.41, 5.74) is 0. The maximum absolute atomic E-state index is 11.8. The van der Waals surface area contributed by atoms with Crippen molar-refractivity contribution in [2.75, 3.05) is 26.9 Å². The topological polar surface area (TPSA) is 49.2 Å². The summed E-state index contributed by atoms with van der Waals surface area (Å²) in [4.78, 5) is 0. The smallest absolute Gasteiger partial charge is 0.261 e. The van der Waals surface area contributed by atoms with E-state index in [0.29, 0.717) is 25.4 Å². The van der Waals surface area contributed by atoms with Crippen LogP contribution in [0.3, 0.4) is 0 Å². The van der Waals surface area contributed by atoms with Gasteiger partial charge in [-0.15, -0.1) is 10.2 Å². The molecule has 0 spiro atoms. The summed E-state index contributed by atoms with van der Waals surface area (Å²) in [6.07, 6.45) is -0.371. The highest BCUT2D eigenvalue weighted by Gasteiger charge is 2.05. The number of hydrogen-bond donors (Lipinski definition) is 0. The van der Waals surface area contributed by atoms with E-state index in [0.717, 1.165) is 0 Å². The summed E-state index contributed by atoms with van der Waals surface area (Å²) in [6.45, 7) is 0.888. The van der Waals surface area contributed by atoms with E-state index in [4.69, 9.17) is 9.47 Å². The van der Waals surface area contributed by atoms with Crippen LogP contribution in [0.5, 0.6) is 0 Å². The van der Waals surface area contributed by atoms with Crippen LogP contribution in [0.25, 0.3) is 0 Å². The SMILES string of the molecule is COCCn1cnnc1CCOCC(F)F. The monoisotopic (exact) mass is 235 g/mol. The molecule has 0 saturated heterocycles. The zero-order chi connectivity index (χ0) is 11.8. The first-order valence-electron chi connectivity index (χ1n) is 4.95. The second kappa shape index (κ2) is 7.24. The van der Waals surface area contributed by atoms with Gasteiger partial charge in [0.25, 0.3) is 6.43 Å². The molecule has 0 aliphatic rings. The lowest BCUT2D eigenvalue weighted by Gasteiger charge is -2.06. The van der Waals surface area contributed by atoms with Crippen LogP contribution in [-0.4, -0.2) is 48.1 Å². The van der Waals surface area contributed by atoms with Gasteiger partial charge < -0.3 is 14.0 Å². The molecule has 7 heteroatoms. The Labute approximate surface area is 92.4 Å². The first-order chi connectivity index (χ1) is 7.74. The fourth-order valence-corrected chi connectivity index (χ4v) is 1.18. The lowest BCUT2D eigenvalue weighted by Crippen LogP contribution is -2.12. The molecule has 0 aliphatic carbocycles. The van der Waals surface area contributed by atoms with Crippen molar-refractivity contribution >= 4 is 0 Å². The molecule has 0 N–H and O–H groups in total. The van der Waals surface area contributed by atoms with Crippen molar-refractivity contribution < 1.29 is 18.3 Å². The second-order valence-corrected chi connectivity index (χ2v) is 3.15. The average molecular weight is 235 g/mol. The van der Waals surface area contributed by atoms with Gasteiger partial charge in [-0.25, -0.2) is 8.78 Å². The van der Waals surface area contributed by atoms with Crippen molar-refractivity contribution in [1.29, 1.82) is 0 Å². The molecular formula is C9H15F2N3O2. The van der Waals surface area contributed by atoms with Gasteiger partial charge in [0.2, 0.25) is 0 Å². The lowest BCUT2D eigenvalue weighted by atomic mass is 10.4. The predicted octanol–water partition coefficient (Wildman–Crippen LogP) is 0.749. The average Bonchev–Trinajstić information content (AvgIpc) is 2.69. The minimum Gasteiger partial charge on any atom is -0.383 e. The van der Waals surface area contributed by atoms with Crippen molar-refractivity contribution in [3.05, 3.63) is 12.2 Å². The molecule has 0 radical (unpaired) electrons. The Hall–Kier alpha value is -1.08. The molecule has 5 nitrogen and oxygen atoms in total. The van der Waals surface area contributed by atoms with E-state index in [9.17, 15) is 8.78 Å². The molecule has 0 aromatic carbocycles. The predicted molar refractivity (Wildman–Crippen MR) is 52.4 cm³/mol. The molecule has 0 bridgehead atoms. The van der Waals surface area contributed by atoms with Crippen LogP contribution in [0.2, 0.25) is 0 Å². The van der Waals surface area contributed by atoms with Gasteiger partial charge in [0.05, 0.1) is 13.2 Å². The molecule has 0 atom stereocenters. The van der Waals surface area contributed by atoms with Crippen molar-refractivity contribution in [3.8, 4) is 0 Å². The number of halogens is 2. The summed E-state index contributed by atoms with van der Waals surface area (Å²) < 4.78 is 35.0. The Morgan fingerprint density at radius 3 is 2.94 bits per heavy atom. The third-order valence-corrected chi connectivity index (χ3v) is 1.95. The summed E-state index contributed by atoms with van der Waals surface area (Å²) >= 11 is 0. The van der Waals surface area contributed by atoms with Crippen LogP contribution in [0.4, 0.5) is 8.78 Å². The van der Waals surface area contributed by atoms with Gasteiger partial charge in [-0.05, 0) is 0 Å². The molecule has 1 heterocycles. The first-order valence-corrected chi connectivity index (χ1v) is 4.95. The molecule has 16 heavy (non-hydrogen) atoms. The molecule has 0 saturated carbocycles. The Balaban J connectivity index is 2.27. The largest absolute Gasteiger partial charge is 0.383 e. The zero-order valence-electron chi connectivity index (χ0n) is 9.10. The van der Waals surface area contributed by atoms with Gasteiger partial charge in [-0.2, -0.15) is 0 Å². The van der Waals surface area contributed by atoms with E-state index in [-0.39, 0.29) is 6.61 Å². The summed E-state index contributed by atoms with van der Waals surface area (Å²) in [5.74, 6) is 0.714. The Morgan fingerprint density at radius 2 is 2.25 bits per heavy atom. The van der Waals surface area contributed by atoms with E-state index in [1.807, 2.05) is 4.57 Å². The molecule has 0 fully saturated rings. The van der Waals surface area contributed by atoms with Gasteiger partial charge in [-0.1, -0.05) is 0 Å². The van der Waals surface area contributed by atoms with Crippen molar-refractivity contribution in [2.24, 2.45) is 0 Å². The quantitative estimate of drug-likeness (QED) is 0.624.